The van der Waals surface area contributed by atoms with Crippen LogP contribution in [0.2, 0.25) is 5.02 Å². The van der Waals surface area contributed by atoms with Gasteiger partial charge < -0.3 is 10.1 Å². The number of hydrogen-bond acceptors (Lipinski definition) is 6. The number of ether oxygens (including phenoxy) is 1. The highest BCUT2D eigenvalue weighted by molar-refractivity contribution is 8.00. The molecule has 2 aromatic heterocycles. The molecule has 4 aromatic rings. The fraction of sp³-hybridized carbons (Fsp3) is 0.167. The lowest BCUT2D eigenvalue weighted by Crippen LogP contribution is -2.23. The van der Waals surface area contributed by atoms with Crippen molar-refractivity contribution < 1.29 is 9.53 Å². The Kier molecular flexibility index (Phi) is 6.96. The number of carbonyl (C=O) groups is 1. The van der Waals surface area contributed by atoms with Gasteiger partial charge >= 0.3 is 0 Å². The molecule has 1 unspecified atom stereocenters. The van der Waals surface area contributed by atoms with E-state index in [1.165, 1.54) is 11.8 Å². The van der Waals surface area contributed by atoms with E-state index in [4.69, 9.17) is 16.3 Å². The van der Waals surface area contributed by atoms with Gasteiger partial charge in [0, 0.05) is 23.0 Å². The molecular weight excluding hydrogens is 458 g/mol. The van der Waals surface area contributed by atoms with E-state index in [0.29, 0.717) is 27.4 Å². The SMILES string of the molecule is COc1ccccc1NC(=O)C(C)Sc1nnc(-c2ccncc2)n1-c1cccc(Cl)c1C. The quantitative estimate of drug-likeness (QED) is 0.356. The number of carbonyl (C=O) groups excluding carboxylic acids is 1. The van der Waals surface area contributed by atoms with Gasteiger partial charge in [0.25, 0.3) is 0 Å². The lowest BCUT2D eigenvalue weighted by molar-refractivity contribution is -0.115. The van der Waals surface area contributed by atoms with Crippen molar-refractivity contribution in [2.45, 2.75) is 24.3 Å². The first-order valence-electron chi connectivity index (χ1n) is 10.2. The van der Waals surface area contributed by atoms with Gasteiger partial charge in [-0.3, -0.25) is 14.3 Å². The molecule has 2 heterocycles. The molecular formula is C24H22ClN5O2S. The van der Waals surface area contributed by atoms with Gasteiger partial charge in [0.2, 0.25) is 5.91 Å². The van der Waals surface area contributed by atoms with Crippen LogP contribution >= 0.6 is 23.4 Å². The second-order valence-corrected chi connectivity index (χ2v) is 8.93. The predicted octanol–water partition coefficient (Wildman–Crippen LogP) is 5.42. The zero-order valence-corrected chi connectivity index (χ0v) is 19.9. The second-order valence-electron chi connectivity index (χ2n) is 7.21. The third-order valence-corrected chi connectivity index (χ3v) is 6.52. The van der Waals surface area contributed by atoms with Gasteiger partial charge in [-0.2, -0.15) is 0 Å². The van der Waals surface area contributed by atoms with E-state index in [0.717, 1.165) is 16.8 Å². The molecule has 1 atom stereocenters. The zero-order valence-electron chi connectivity index (χ0n) is 18.3. The summed E-state index contributed by atoms with van der Waals surface area (Å²) in [4.78, 5) is 17.0. The Hall–Kier alpha value is -3.36. The van der Waals surface area contributed by atoms with E-state index in [9.17, 15) is 4.79 Å². The molecule has 4 rings (SSSR count). The maximum Gasteiger partial charge on any atom is 0.237 e. The van der Waals surface area contributed by atoms with E-state index in [-0.39, 0.29) is 5.91 Å². The highest BCUT2D eigenvalue weighted by Crippen LogP contribution is 2.33. The van der Waals surface area contributed by atoms with Crippen LogP contribution in [0.3, 0.4) is 0 Å². The fourth-order valence-electron chi connectivity index (χ4n) is 3.28. The van der Waals surface area contributed by atoms with E-state index in [1.54, 1.807) is 31.6 Å². The number of thioether (sulfide) groups is 1. The molecule has 0 aliphatic heterocycles. The number of amides is 1. The number of hydrogen-bond donors (Lipinski definition) is 1. The van der Waals surface area contributed by atoms with Crippen molar-refractivity contribution in [1.29, 1.82) is 0 Å². The number of anilines is 1. The summed E-state index contributed by atoms with van der Waals surface area (Å²) in [5.74, 6) is 1.07. The van der Waals surface area contributed by atoms with E-state index < -0.39 is 5.25 Å². The van der Waals surface area contributed by atoms with Gasteiger partial charge in [0.1, 0.15) is 5.75 Å². The highest BCUT2D eigenvalue weighted by Gasteiger charge is 2.23. The number of pyridine rings is 1. The molecule has 168 valence electrons. The molecule has 1 amide bonds. The Morgan fingerprint density at radius 1 is 1.09 bits per heavy atom. The number of benzene rings is 2. The summed E-state index contributed by atoms with van der Waals surface area (Å²) in [6.07, 6.45) is 3.41. The average Bonchev–Trinajstić information content (AvgIpc) is 3.25. The molecule has 1 N–H and O–H groups in total. The molecule has 7 nitrogen and oxygen atoms in total. The van der Waals surface area contributed by atoms with Crippen LogP contribution in [-0.4, -0.2) is 38.0 Å². The molecule has 0 aliphatic rings. The number of nitrogens with one attached hydrogen (secondary N) is 1. The van der Waals surface area contributed by atoms with Crippen LogP contribution in [-0.2, 0) is 4.79 Å². The van der Waals surface area contributed by atoms with Gasteiger partial charge in [0.15, 0.2) is 11.0 Å². The van der Waals surface area contributed by atoms with Crippen LogP contribution in [0, 0.1) is 6.92 Å². The van der Waals surface area contributed by atoms with Gasteiger partial charge in [-0.05, 0) is 55.8 Å². The number of rotatable bonds is 7. The molecule has 0 radical (unpaired) electrons. The third-order valence-electron chi connectivity index (χ3n) is 5.07. The summed E-state index contributed by atoms with van der Waals surface area (Å²) in [6, 6.07) is 16.7. The Labute approximate surface area is 201 Å². The topological polar surface area (TPSA) is 81.9 Å². The summed E-state index contributed by atoms with van der Waals surface area (Å²) >= 11 is 7.72. The minimum absolute atomic E-state index is 0.174. The van der Waals surface area contributed by atoms with Crippen LogP contribution in [0.4, 0.5) is 5.69 Å². The Morgan fingerprint density at radius 3 is 2.61 bits per heavy atom. The minimum Gasteiger partial charge on any atom is -0.495 e. The van der Waals surface area contributed by atoms with Crippen molar-refractivity contribution in [1.82, 2.24) is 19.7 Å². The Morgan fingerprint density at radius 2 is 1.85 bits per heavy atom. The van der Waals surface area contributed by atoms with E-state index in [1.807, 2.05) is 60.9 Å². The summed E-state index contributed by atoms with van der Waals surface area (Å²) < 4.78 is 7.26. The highest BCUT2D eigenvalue weighted by atomic mass is 35.5. The lowest BCUT2D eigenvalue weighted by atomic mass is 10.2. The Balaban J connectivity index is 1.68. The summed E-state index contributed by atoms with van der Waals surface area (Å²) in [5.41, 5.74) is 3.21. The van der Waals surface area contributed by atoms with Crippen LogP contribution in [0.1, 0.15) is 12.5 Å². The number of aromatic nitrogens is 4. The monoisotopic (exact) mass is 479 g/mol. The molecule has 0 aliphatic carbocycles. The average molecular weight is 480 g/mol. The van der Waals surface area contributed by atoms with Crippen molar-refractivity contribution in [3.05, 3.63) is 77.6 Å². The summed E-state index contributed by atoms with van der Waals surface area (Å²) in [7, 11) is 1.57. The molecule has 0 fully saturated rings. The number of halogens is 1. The van der Waals surface area contributed by atoms with Crippen molar-refractivity contribution in [3.8, 4) is 22.8 Å². The zero-order chi connectivity index (χ0) is 23.4. The van der Waals surface area contributed by atoms with Gasteiger partial charge in [-0.1, -0.05) is 41.6 Å². The van der Waals surface area contributed by atoms with E-state index >= 15 is 0 Å². The second kappa shape index (κ2) is 10.1. The molecule has 0 saturated carbocycles. The van der Waals surface area contributed by atoms with Crippen molar-refractivity contribution in [2.75, 3.05) is 12.4 Å². The smallest absolute Gasteiger partial charge is 0.237 e. The molecule has 0 saturated heterocycles. The first-order chi connectivity index (χ1) is 16.0. The van der Waals surface area contributed by atoms with Crippen LogP contribution < -0.4 is 10.1 Å². The molecule has 33 heavy (non-hydrogen) atoms. The summed E-state index contributed by atoms with van der Waals surface area (Å²) in [6.45, 7) is 3.77. The van der Waals surface area contributed by atoms with Crippen molar-refractivity contribution in [3.63, 3.8) is 0 Å². The fourth-order valence-corrected chi connectivity index (χ4v) is 4.31. The third kappa shape index (κ3) is 4.86. The first-order valence-corrected chi connectivity index (χ1v) is 11.5. The molecule has 2 aromatic carbocycles. The van der Waals surface area contributed by atoms with Crippen molar-refractivity contribution in [2.24, 2.45) is 0 Å². The molecule has 0 bridgehead atoms. The van der Waals surface area contributed by atoms with E-state index in [2.05, 4.69) is 20.5 Å². The van der Waals surface area contributed by atoms with Crippen LogP contribution in [0.5, 0.6) is 5.75 Å². The maximum absolute atomic E-state index is 13.0. The molecule has 9 heteroatoms. The molecule has 0 spiro atoms. The largest absolute Gasteiger partial charge is 0.495 e. The van der Waals surface area contributed by atoms with Crippen LogP contribution in [0.25, 0.3) is 17.1 Å². The number of methoxy groups -OCH3 is 1. The van der Waals surface area contributed by atoms with Gasteiger partial charge in [-0.25, -0.2) is 0 Å². The number of nitrogens with zero attached hydrogens (tertiary/aromatic N) is 4. The van der Waals surface area contributed by atoms with Gasteiger partial charge in [-0.15, -0.1) is 10.2 Å². The summed E-state index contributed by atoms with van der Waals surface area (Å²) in [5, 5.41) is 12.5. The predicted molar refractivity (Wildman–Crippen MR) is 131 cm³/mol. The van der Waals surface area contributed by atoms with Gasteiger partial charge in [0.05, 0.1) is 23.7 Å². The number of para-hydroxylation sites is 2. The maximum atomic E-state index is 13.0. The Bertz CT molecular complexity index is 1280. The van der Waals surface area contributed by atoms with Crippen molar-refractivity contribution >= 4 is 35.0 Å². The minimum atomic E-state index is -0.456. The standard InChI is InChI=1S/C24H22ClN5O2S/c1-15-18(25)7-6-9-20(15)30-22(17-11-13-26-14-12-17)28-29-24(30)33-16(2)23(31)27-19-8-4-5-10-21(19)32-3/h4-14,16H,1-3H3,(H,27,31). The normalized spacial score (nSPS) is 11.8. The first kappa shape index (κ1) is 22.8. The lowest BCUT2D eigenvalue weighted by Gasteiger charge is -2.16. The van der Waals surface area contributed by atoms with Crippen LogP contribution in [0.15, 0.2) is 72.1 Å².